The average Bonchev–Trinajstić information content (AvgIpc) is 3.05. The molecule has 0 aliphatic carbocycles. The van der Waals surface area contributed by atoms with Crippen molar-refractivity contribution in [2.24, 2.45) is 0 Å². The monoisotopic (exact) mass is 341 g/mol. The van der Waals surface area contributed by atoms with E-state index in [-0.39, 0.29) is 0 Å². The summed E-state index contributed by atoms with van der Waals surface area (Å²) in [5, 5.41) is 4.44. The maximum Gasteiger partial charge on any atom is 0.176 e. The van der Waals surface area contributed by atoms with Crippen molar-refractivity contribution in [3.05, 3.63) is 59.9 Å². The number of para-hydroxylation sites is 1. The van der Waals surface area contributed by atoms with Crippen LogP contribution in [0.5, 0.6) is 11.5 Å². The highest BCUT2D eigenvalue weighted by molar-refractivity contribution is 5.83. The topological polar surface area (TPSA) is 52.9 Å². The van der Waals surface area contributed by atoms with E-state index in [1.54, 1.807) is 14.2 Å². The molecule has 3 rings (SSSR count). The van der Waals surface area contributed by atoms with Crippen LogP contribution in [0.15, 0.2) is 52.9 Å². The van der Waals surface area contributed by atoms with Gasteiger partial charge in [0.25, 0.3) is 0 Å². The molecule has 0 aliphatic rings. The van der Waals surface area contributed by atoms with Crippen LogP contribution in [0.4, 0.5) is 0 Å². The van der Waals surface area contributed by atoms with E-state index in [9.17, 15) is 0 Å². The van der Waals surface area contributed by atoms with Crippen molar-refractivity contribution in [2.45, 2.75) is 13.1 Å². The largest absolute Gasteiger partial charge is 0.493 e. The fourth-order valence-electron chi connectivity index (χ4n) is 2.66. The first-order valence-electron chi connectivity index (χ1n) is 8.27. The third kappa shape index (κ3) is 4.53. The normalized spacial score (nSPS) is 11.0. The number of benzene rings is 2. The molecule has 0 spiro atoms. The van der Waals surface area contributed by atoms with E-state index < -0.39 is 0 Å². The van der Waals surface area contributed by atoms with Crippen molar-refractivity contribution >= 4 is 11.0 Å². The number of methoxy groups -OCH3 is 2. The minimum atomic E-state index is 0.550. The molecule has 132 valence electrons. The first-order chi connectivity index (χ1) is 12.3. The summed E-state index contributed by atoms with van der Waals surface area (Å²) in [5.74, 6) is 2.49. The molecule has 1 heterocycles. The van der Waals surface area contributed by atoms with Gasteiger partial charge >= 0.3 is 0 Å². The van der Waals surface area contributed by atoms with Gasteiger partial charge in [0.05, 0.1) is 20.3 Å². The number of ether oxygens (including phenoxy) is 3. The zero-order valence-electron chi connectivity index (χ0n) is 14.6. The molecule has 1 N–H and O–H groups in total. The summed E-state index contributed by atoms with van der Waals surface area (Å²) in [6.45, 7) is 2.51. The van der Waals surface area contributed by atoms with E-state index >= 15 is 0 Å². The number of nitrogens with one attached hydrogen (secondary N) is 1. The third-order valence-corrected chi connectivity index (χ3v) is 3.86. The Kier molecular flexibility index (Phi) is 5.93. The molecule has 0 amide bonds. The maximum absolute atomic E-state index is 5.89. The van der Waals surface area contributed by atoms with E-state index in [1.165, 1.54) is 0 Å². The van der Waals surface area contributed by atoms with Gasteiger partial charge in [-0.3, -0.25) is 0 Å². The summed E-state index contributed by atoms with van der Waals surface area (Å²) >= 11 is 0. The second-order valence-corrected chi connectivity index (χ2v) is 5.68. The number of hydrogen-bond acceptors (Lipinski definition) is 5. The summed E-state index contributed by atoms with van der Waals surface area (Å²) in [6, 6.07) is 16.0. The van der Waals surface area contributed by atoms with Crippen molar-refractivity contribution in [2.75, 3.05) is 27.4 Å². The molecule has 0 fully saturated rings. The molecule has 0 unspecified atom stereocenters. The SMILES string of the molecule is COCCOc1cccc(CNCc2cc3cccc(OC)c3o2)c1. The minimum Gasteiger partial charge on any atom is -0.493 e. The molecule has 5 heteroatoms. The lowest BCUT2D eigenvalue weighted by atomic mass is 10.2. The molecular weight excluding hydrogens is 318 g/mol. The predicted molar refractivity (Wildman–Crippen MR) is 97.1 cm³/mol. The molecule has 0 atom stereocenters. The predicted octanol–water partition coefficient (Wildman–Crippen LogP) is 3.76. The molecule has 5 nitrogen and oxygen atoms in total. The first kappa shape index (κ1) is 17.3. The highest BCUT2D eigenvalue weighted by Gasteiger charge is 2.08. The second kappa shape index (κ2) is 8.55. The van der Waals surface area contributed by atoms with Gasteiger partial charge in [-0.05, 0) is 29.8 Å². The van der Waals surface area contributed by atoms with Gasteiger partial charge in [0.15, 0.2) is 11.3 Å². The van der Waals surface area contributed by atoms with Gasteiger partial charge in [0, 0.05) is 19.0 Å². The number of hydrogen-bond donors (Lipinski definition) is 1. The van der Waals surface area contributed by atoms with E-state index in [4.69, 9.17) is 18.6 Å². The summed E-state index contributed by atoms with van der Waals surface area (Å²) in [7, 11) is 3.31. The number of fused-ring (bicyclic) bond motifs is 1. The Balaban J connectivity index is 1.57. The number of rotatable bonds is 9. The fourth-order valence-corrected chi connectivity index (χ4v) is 2.66. The van der Waals surface area contributed by atoms with Crippen LogP contribution in [0.1, 0.15) is 11.3 Å². The summed E-state index contributed by atoms with van der Waals surface area (Å²) in [6.07, 6.45) is 0. The molecule has 0 radical (unpaired) electrons. The lowest BCUT2D eigenvalue weighted by molar-refractivity contribution is 0.146. The summed E-state index contributed by atoms with van der Waals surface area (Å²) in [4.78, 5) is 0. The maximum atomic E-state index is 5.89. The van der Waals surface area contributed by atoms with Gasteiger partial charge in [-0.1, -0.05) is 24.3 Å². The molecule has 3 aromatic rings. The van der Waals surface area contributed by atoms with Crippen LogP contribution < -0.4 is 14.8 Å². The Morgan fingerprint density at radius 3 is 2.68 bits per heavy atom. The van der Waals surface area contributed by atoms with Crippen molar-refractivity contribution in [3.8, 4) is 11.5 Å². The van der Waals surface area contributed by atoms with Crippen LogP contribution >= 0.6 is 0 Å². The zero-order valence-corrected chi connectivity index (χ0v) is 14.6. The Labute approximate surface area is 147 Å². The molecule has 1 aromatic heterocycles. The quantitative estimate of drug-likeness (QED) is 0.601. The lowest BCUT2D eigenvalue weighted by Crippen LogP contribution is -2.12. The lowest BCUT2D eigenvalue weighted by Gasteiger charge is -2.08. The molecular formula is C20H23NO4. The van der Waals surface area contributed by atoms with Crippen LogP contribution in [0.2, 0.25) is 0 Å². The van der Waals surface area contributed by atoms with Gasteiger partial charge in [-0.15, -0.1) is 0 Å². The fraction of sp³-hybridized carbons (Fsp3) is 0.300. The molecule has 0 aliphatic heterocycles. The van der Waals surface area contributed by atoms with Crippen molar-refractivity contribution in [1.29, 1.82) is 0 Å². The molecule has 0 saturated heterocycles. The van der Waals surface area contributed by atoms with Gasteiger partial charge in [0.1, 0.15) is 18.1 Å². The second-order valence-electron chi connectivity index (χ2n) is 5.68. The first-order valence-corrected chi connectivity index (χ1v) is 8.27. The summed E-state index contributed by atoms with van der Waals surface area (Å²) in [5.41, 5.74) is 1.94. The van der Waals surface area contributed by atoms with Crippen molar-refractivity contribution < 1.29 is 18.6 Å². The average molecular weight is 341 g/mol. The van der Waals surface area contributed by atoms with Crippen LogP contribution in [-0.4, -0.2) is 27.4 Å². The Bertz CT molecular complexity index is 812. The Morgan fingerprint density at radius 2 is 1.84 bits per heavy atom. The van der Waals surface area contributed by atoms with Crippen LogP contribution in [0, 0.1) is 0 Å². The van der Waals surface area contributed by atoms with E-state index in [1.807, 2.05) is 42.5 Å². The summed E-state index contributed by atoms with van der Waals surface area (Å²) < 4.78 is 21.8. The Morgan fingerprint density at radius 1 is 0.960 bits per heavy atom. The molecule has 2 aromatic carbocycles. The minimum absolute atomic E-state index is 0.550. The molecule has 25 heavy (non-hydrogen) atoms. The Hall–Kier alpha value is -2.50. The molecule has 0 bridgehead atoms. The van der Waals surface area contributed by atoms with Crippen molar-refractivity contribution in [3.63, 3.8) is 0 Å². The van der Waals surface area contributed by atoms with E-state index in [0.29, 0.717) is 19.8 Å². The van der Waals surface area contributed by atoms with Gasteiger partial charge in [0.2, 0.25) is 0 Å². The highest BCUT2D eigenvalue weighted by atomic mass is 16.5. The number of furan rings is 1. The zero-order chi connectivity index (χ0) is 17.5. The molecule has 0 saturated carbocycles. The van der Waals surface area contributed by atoms with E-state index in [0.717, 1.165) is 40.3 Å². The van der Waals surface area contributed by atoms with Gasteiger partial charge in [-0.2, -0.15) is 0 Å². The highest BCUT2D eigenvalue weighted by Crippen LogP contribution is 2.28. The standard InChI is InChI=1S/C20H23NO4/c1-22-9-10-24-17-7-3-5-15(11-17)13-21-14-18-12-16-6-4-8-19(23-2)20(16)25-18/h3-8,11-12,21H,9-10,13-14H2,1-2H3. The van der Waals surface area contributed by atoms with E-state index in [2.05, 4.69) is 11.4 Å². The van der Waals surface area contributed by atoms with Crippen LogP contribution in [0.3, 0.4) is 0 Å². The van der Waals surface area contributed by atoms with Gasteiger partial charge < -0.3 is 23.9 Å². The third-order valence-electron chi connectivity index (χ3n) is 3.86. The van der Waals surface area contributed by atoms with Crippen molar-refractivity contribution in [1.82, 2.24) is 5.32 Å². The van der Waals surface area contributed by atoms with Gasteiger partial charge in [-0.25, -0.2) is 0 Å². The smallest absolute Gasteiger partial charge is 0.176 e. The van der Waals surface area contributed by atoms with Crippen LogP contribution in [-0.2, 0) is 17.8 Å². The van der Waals surface area contributed by atoms with Crippen LogP contribution in [0.25, 0.3) is 11.0 Å².